The maximum Gasteiger partial charge on any atom is 0.343 e. The zero-order valence-electron chi connectivity index (χ0n) is 20.8. The third kappa shape index (κ3) is 7.07. The van der Waals surface area contributed by atoms with Gasteiger partial charge in [-0.1, -0.05) is 76.8 Å². The molecular formula is C28H37ClO4. The zero-order chi connectivity index (χ0) is 24.6. The quantitative estimate of drug-likeness (QED) is 0.247. The lowest BCUT2D eigenvalue weighted by Gasteiger charge is -2.28. The van der Waals surface area contributed by atoms with E-state index < -0.39 is 11.9 Å². The van der Waals surface area contributed by atoms with Gasteiger partial charge in [-0.15, -0.1) is 0 Å². The summed E-state index contributed by atoms with van der Waals surface area (Å²) in [5.74, 6) is -0.843. The second kappa shape index (κ2) is 12.2. The van der Waals surface area contributed by atoms with Crippen molar-refractivity contribution in [2.45, 2.75) is 85.0 Å². The van der Waals surface area contributed by atoms with Crippen molar-refractivity contribution in [1.82, 2.24) is 0 Å². The van der Waals surface area contributed by atoms with Gasteiger partial charge in [0, 0.05) is 10.6 Å². The number of halogens is 1. The van der Waals surface area contributed by atoms with Gasteiger partial charge in [0.1, 0.15) is 5.75 Å². The van der Waals surface area contributed by atoms with Crippen molar-refractivity contribution in [2.24, 2.45) is 0 Å². The molecule has 0 fully saturated rings. The summed E-state index contributed by atoms with van der Waals surface area (Å²) in [6.07, 6.45) is 4.51. The van der Waals surface area contributed by atoms with Crippen LogP contribution in [0.25, 0.3) is 0 Å². The largest absolute Gasteiger partial charge is 0.466 e. The number of rotatable bonds is 11. The summed E-state index contributed by atoms with van der Waals surface area (Å²) in [7, 11) is 0. The summed E-state index contributed by atoms with van der Waals surface area (Å²) in [6, 6.07) is 10.8. The number of hydrogen-bond acceptors (Lipinski definition) is 4. The van der Waals surface area contributed by atoms with Gasteiger partial charge in [-0.25, -0.2) is 4.79 Å². The van der Waals surface area contributed by atoms with Crippen molar-refractivity contribution in [3.05, 3.63) is 63.7 Å². The molecule has 5 heteroatoms. The van der Waals surface area contributed by atoms with E-state index in [2.05, 4.69) is 33.8 Å². The highest BCUT2D eigenvalue weighted by molar-refractivity contribution is 6.30. The van der Waals surface area contributed by atoms with E-state index in [0.717, 1.165) is 42.4 Å². The molecule has 0 saturated heterocycles. The standard InChI is InChI=1S/C28H37ClO4/c1-7-10-14-23(27(31)32-9-3)24-18-21(28(5,6)15-8-2)16-19(4)25(24)33-26(30)20-12-11-13-22(29)17-20/h11-13,16-18,23H,7-10,14-15H2,1-6H3. The molecule has 0 bridgehead atoms. The molecule has 180 valence electrons. The SMILES string of the molecule is CCCCC(C(=O)OCC)c1cc(C(C)(C)CCC)cc(C)c1OC(=O)c1cccc(Cl)c1. The predicted molar refractivity (Wildman–Crippen MR) is 134 cm³/mol. The molecule has 0 aromatic heterocycles. The van der Waals surface area contributed by atoms with E-state index in [4.69, 9.17) is 21.1 Å². The molecule has 0 spiro atoms. The molecule has 0 aliphatic rings. The monoisotopic (exact) mass is 472 g/mol. The highest BCUT2D eigenvalue weighted by Crippen LogP contribution is 2.40. The molecule has 33 heavy (non-hydrogen) atoms. The van der Waals surface area contributed by atoms with Gasteiger partial charge >= 0.3 is 11.9 Å². The molecule has 2 aromatic carbocycles. The van der Waals surface area contributed by atoms with Crippen LogP contribution in [-0.4, -0.2) is 18.5 Å². The lowest BCUT2D eigenvalue weighted by Crippen LogP contribution is -2.22. The van der Waals surface area contributed by atoms with E-state index in [9.17, 15) is 9.59 Å². The first-order valence-electron chi connectivity index (χ1n) is 11.9. The fourth-order valence-corrected chi connectivity index (χ4v) is 4.37. The Kier molecular flexibility index (Phi) is 9.97. The van der Waals surface area contributed by atoms with Gasteiger partial charge in [-0.3, -0.25) is 4.79 Å². The second-order valence-corrected chi connectivity index (χ2v) is 9.63. The summed E-state index contributed by atoms with van der Waals surface area (Å²) >= 11 is 6.07. The Labute approximate surface area is 203 Å². The summed E-state index contributed by atoms with van der Waals surface area (Å²) in [6.45, 7) is 12.7. The van der Waals surface area contributed by atoms with Crippen LogP contribution >= 0.6 is 11.6 Å². The number of unbranched alkanes of at least 4 members (excludes halogenated alkanes) is 1. The molecule has 0 saturated carbocycles. The lowest BCUT2D eigenvalue weighted by molar-refractivity contribution is -0.145. The van der Waals surface area contributed by atoms with Crippen LogP contribution in [0.4, 0.5) is 0 Å². The molecule has 0 aliphatic carbocycles. The molecule has 2 aromatic rings. The minimum absolute atomic E-state index is 0.0757. The van der Waals surface area contributed by atoms with Gasteiger partial charge in [-0.2, -0.15) is 0 Å². The Morgan fingerprint density at radius 1 is 1.06 bits per heavy atom. The van der Waals surface area contributed by atoms with Crippen LogP contribution in [0.2, 0.25) is 5.02 Å². The first kappa shape index (κ1) is 26.9. The molecule has 1 atom stereocenters. The van der Waals surface area contributed by atoms with E-state index >= 15 is 0 Å². The van der Waals surface area contributed by atoms with Gasteiger partial charge in [0.15, 0.2) is 0 Å². The highest BCUT2D eigenvalue weighted by Gasteiger charge is 2.30. The fraction of sp³-hybridized carbons (Fsp3) is 0.500. The first-order valence-corrected chi connectivity index (χ1v) is 12.3. The second-order valence-electron chi connectivity index (χ2n) is 9.19. The van der Waals surface area contributed by atoms with Crippen LogP contribution < -0.4 is 4.74 Å². The molecule has 0 N–H and O–H groups in total. The van der Waals surface area contributed by atoms with Crippen LogP contribution in [0.5, 0.6) is 5.75 Å². The van der Waals surface area contributed by atoms with E-state index in [1.807, 2.05) is 13.0 Å². The number of hydrogen-bond donors (Lipinski definition) is 0. The minimum atomic E-state index is -0.500. The van der Waals surface area contributed by atoms with Crippen LogP contribution in [0, 0.1) is 6.92 Å². The normalized spacial score (nSPS) is 12.3. The van der Waals surface area contributed by atoms with Crippen LogP contribution in [-0.2, 0) is 14.9 Å². The first-order chi connectivity index (χ1) is 15.6. The lowest BCUT2D eigenvalue weighted by atomic mass is 9.78. The smallest absolute Gasteiger partial charge is 0.343 e. The van der Waals surface area contributed by atoms with Crippen LogP contribution in [0.15, 0.2) is 36.4 Å². The zero-order valence-corrected chi connectivity index (χ0v) is 21.6. The van der Waals surface area contributed by atoms with Gasteiger partial charge in [0.05, 0.1) is 18.1 Å². The van der Waals surface area contributed by atoms with E-state index in [1.54, 1.807) is 31.2 Å². The number of carbonyl (C=O) groups is 2. The average Bonchev–Trinajstić information content (AvgIpc) is 2.75. The van der Waals surface area contributed by atoms with Gasteiger partial charge in [0.25, 0.3) is 0 Å². The Bertz CT molecular complexity index is 964. The van der Waals surface area contributed by atoms with Crippen LogP contribution in [0.1, 0.15) is 99.7 Å². The Balaban J connectivity index is 2.63. The Morgan fingerprint density at radius 2 is 1.79 bits per heavy atom. The van der Waals surface area contributed by atoms with E-state index in [0.29, 0.717) is 29.4 Å². The molecule has 2 rings (SSSR count). The number of esters is 2. The van der Waals surface area contributed by atoms with Gasteiger partial charge < -0.3 is 9.47 Å². The van der Waals surface area contributed by atoms with Gasteiger partial charge in [-0.05, 0) is 61.4 Å². The molecular weight excluding hydrogens is 436 g/mol. The maximum atomic E-state index is 13.0. The van der Waals surface area contributed by atoms with Crippen molar-refractivity contribution in [3.8, 4) is 5.75 Å². The Morgan fingerprint density at radius 3 is 2.39 bits per heavy atom. The number of aryl methyl sites for hydroxylation is 1. The molecule has 0 amide bonds. The number of benzene rings is 2. The van der Waals surface area contributed by atoms with Crippen molar-refractivity contribution < 1.29 is 19.1 Å². The molecule has 0 heterocycles. The minimum Gasteiger partial charge on any atom is -0.466 e. The van der Waals surface area contributed by atoms with E-state index in [-0.39, 0.29) is 11.4 Å². The fourth-order valence-electron chi connectivity index (χ4n) is 4.18. The predicted octanol–water partition coefficient (Wildman–Crippen LogP) is 7.78. The Hall–Kier alpha value is -2.33. The molecule has 0 aliphatic heterocycles. The molecule has 1 unspecified atom stereocenters. The molecule has 4 nitrogen and oxygen atoms in total. The summed E-state index contributed by atoms with van der Waals surface area (Å²) in [4.78, 5) is 26.0. The third-order valence-electron chi connectivity index (χ3n) is 6.01. The highest BCUT2D eigenvalue weighted by atomic mass is 35.5. The van der Waals surface area contributed by atoms with Crippen molar-refractivity contribution in [3.63, 3.8) is 0 Å². The van der Waals surface area contributed by atoms with Crippen molar-refractivity contribution in [1.29, 1.82) is 0 Å². The third-order valence-corrected chi connectivity index (χ3v) is 6.24. The van der Waals surface area contributed by atoms with Crippen molar-refractivity contribution >= 4 is 23.5 Å². The topological polar surface area (TPSA) is 52.6 Å². The summed E-state index contributed by atoms with van der Waals surface area (Å²) < 4.78 is 11.4. The van der Waals surface area contributed by atoms with E-state index in [1.165, 1.54) is 0 Å². The maximum absolute atomic E-state index is 13.0. The average molecular weight is 473 g/mol. The van der Waals surface area contributed by atoms with Gasteiger partial charge in [0.2, 0.25) is 0 Å². The summed E-state index contributed by atoms with van der Waals surface area (Å²) in [5.41, 5.74) is 2.97. The number of ether oxygens (including phenoxy) is 2. The molecule has 0 radical (unpaired) electrons. The van der Waals surface area contributed by atoms with Crippen LogP contribution in [0.3, 0.4) is 0 Å². The van der Waals surface area contributed by atoms with Crippen molar-refractivity contribution in [2.75, 3.05) is 6.61 Å². The number of carbonyl (C=O) groups excluding carboxylic acids is 2. The summed E-state index contributed by atoms with van der Waals surface area (Å²) in [5, 5.41) is 0.463.